The molecule has 0 aliphatic carbocycles. The molecular weight excluding hydrogens is 246 g/mol. The summed E-state index contributed by atoms with van der Waals surface area (Å²) < 4.78 is 10.1. The second-order valence-corrected chi connectivity index (χ2v) is 5.05. The summed E-state index contributed by atoms with van der Waals surface area (Å²) in [6, 6.07) is 0. The van der Waals surface area contributed by atoms with Gasteiger partial charge in [-0.25, -0.2) is 4.99 Å². The molecular formula is C13H27N3O3. The lowest BCUT2D eigenvalue weighted by Crippen LogP contribution is -2.38. The van der Waals surface area contributed by atoms with Crippen molar-refractivity contribution in [3.05, 3.63) is 0 Å². The zero-order valence-electron chi connectivity index (χ0n) is 12.7. The smallest absolute Gasteiger partial charge is 0.328 e. The highest BCUT2D eigenvalue weighted by molar-refractivity contribution is 5.83. The van der Waals surface area contributed by atoms with Crippen LogP contribution in [0.3, 0.4) is 0 Å². The summed E-state index contributed by atoms with van der Waals surface area (Å²) in [4.78, 5) is 15.7. The zero-order chi connectivity index (χ0) is 14.7. The number of esters is 1. The Morgan fingerprint density at radius 2 is 1.95 bits per heavy atom. The Bertz CT molecular complexity index is 285. The molecule has 0 radical (unpaired) electrons. The van der Waals surface area contributed by atoms with Crippen LogP contribution in [0.1, 0.15) is 34.1 Å². The third-order valence-electron chi connectivity index (χ3n) is 1.95. The van der Waals surface area contributed by atoms with Crippen LogP contribution in [0, 0.1) is 0 Å². The summed E-state index contributed by atoms with van der Waals surface area (Å²) in [6.45, 7) is 9.67. The lowest BCUT2D eigenvalue weighted by molar-refractivity contribution is -0.152. The Morgan fingerprint density at radius 1 is 1.26 bits per heavy atom. The summed E-state index contributed by atoms with van der Waals surface area (Å²) in [5, 5.41) is 6.19. The van der Waals surface area contributed by atoms with Gasteiger partial charge in [-0.1, -0.05) is 0 Å². The highest BCUT2D eigenvalue weighted by atomic mass is 16.6. The average molecular weight is 273 g/mol. The van der Waals surface area contributed by atoms with Crippen molar-refractivity contribution < 1.29 is 14.3 Å². The number of rotatable bonds is 7. The predicted octanol–water partition coefficient (Wildman–Crippen LogP) is 0.920. The Balaban J connectivity index is 4.14. The highest BCUT2D eigenvalue weighted by Gasteiger charge is 2.15. The molecule has 0 atom stereocenters. The molecule has 0 aliphatic rings. The van der Waals surface area contributed by atoms with Crippen LogP contribution in [0.4, 0.5) is 0 Å². The van der Waals surface area contributed by atoms with Gasteiger partial charge >= 0.3 is 5.97 Å². The van der Waals surface area contributed by atoms with E-state index in [-0.39, 0.29) is 12.5 Å². The first-order valence-electron chi connectivity index (χ1n) is 6.62. The van der Waals surface area contributed by atoms with E-state index < -0.39 is 5.60 Å². The van der Waals surface area contributed by atoms with E-state index in [1.165, 1.54) is 0 Å². The molecule has 112 valence electrons. The standard InChI is InChI=1S/C13H27N3O3/c1-6-14-12(15-8-7-9-18-5)16-10-11(17)19-13(2,3)4/h6-10H2,1-5H3,(H2,14,15,16). The summed E-state index contributed by atoms with van der Waals surface area (Å²) in [6.07, 6.45) is 0.882. The summed E-state index contributed by atoms with van der Waals surface area (Å²) in [7, 11) is 1.67. The third kappa shape index (κ3) is 11.5. The minimum Gasteiger partial charge on any atom is -0.459 e. The Morgan fingerprint density at radius 3 is 2.47 bits per heavy atom. The number of hydrogen-bond acceptors (Lipinski definition) is 4. The van der Waals surface area contributed by atoms with Crippen molar-refractivity contribution in [2.45, 2.75) is 39.7 Å². The maximum absolute atomic E-state index is 11.5. The van der Waals surface area contributed by atoms with E-state index in [0.29, 0.717) is 12.6 Å². The van der Waals surface area contributed by atoms with Crippen molar-refractivity contribution in [3.8, 4) is 0 Å². The molecule has 0 saturated carbocycles. The van der Waals surface area contributed by atoms with Gasteiger partial charge in [-0.05, 0) is 34.1 Å². The van der Waals surface area contributed by atoms with Crippen molar-refractivity contribution in [3.63, 3.8) is 0 Å². The summed E-state index contributed by atoms with van der Waals surface area (Å²) >= 11 is 0. The molecule has 0 unspecified atom stereocenters. The number of carbonyl (C=O) groups is 1. The molecule has 6 nitrogen and oxygen atoms in total. The van der Waals surface area contributed by atoms with Gasteiger partial charge in [-0.3, -0.25) is 4.79 Å². The highest BCUT2D eigenvalue weighted by Crippen LogP contribution is 2.06. The van der Waals surface area contributed by atoms with Crippen molar-refractivity contribution in [2.75, 3.05) is 33.4 Å². The maximum Gasteiger partial charge on any atom is 0.328 e. The van der Waals surface area contributed by atoms with Gasteiger partial charge in [0.05, 0.1) is 0 Å². The molecule has 0 rings (SSSR count). The first kappa shape index (κ1) is 17.7. The van der Waals surface area contributed by atoms with Crippen LogP contribution >= 0.6 is 0 Å². The van der Waals surface area contributed by atoms with E-state index in [4.69, 9.17) is 9.47 Å². The normalized spacial score (nSPS) is 12.2. The van der Waals surface area contributed by atoms with Crippen LogP contribution in [0.2, 0.25) is 0 Å². The lowest BCUT2D eigenvalue weighted by Gasteiger charge is -2.19. The van der Waals surface area contributed by atoms with Gasteiger partial charge in [-0.2, -0.15) is 0 Å². The fourth-order valence-electron chi connectivity index (χ4n) is 1.28. The minimum atomic E-state index is -0.475. The molecule has 0 aromatic heterocycles. The molecule has 0 saturated heterocycles. The van der Waals surface area contributed by atoms with Crippen molar-refractivity contribution in [1.82, 2.24) is 10.6 Å². The molecule has 2 N–H and O–H groups in total. The van der Waals surface area contributed by atoms with E-state index >= 15 is 0 Å². The second kappa shape index (κ2) is 9.61. The number of nitrogens with one attached hydrogen (secondary N) is 2. The number of aliphatic imine (C=N–C) groups is 1. The van der Waals surface area contributed by atoms with Crippen molar-refractivity contribution in [1.29, 1.82) is 0 Å². The van der Waals surface area contributed by atoms with Crippen molar-refractivity contribution >= 4 is 11.9 Å². The van der Waals surface area contributed by atoms with Crippen LogP contribution in [0.5, 0.6) is 0 Å². The lowest BCUT2D eigenvalue weighted by atomic mass is 10.2. The van der Waals surface area contributed by atoms with Gasteiger partial charge in [0.15, 0.2) is 5.96 Å². The fraction of sp³-hybridized carbons (Fsp3) is 0.846. The Kier molecular flexibility index (Phi) is 8.95. The zero-order valence-corrected chi connectivity index (χ0v) is 12.7. The number of ether oxygens (including phenoxy) is 2. The first-order valence-corrected chi connectivity index (χ1v) is 6.62. The summed E-state index contributed by atoms with van der Waals surface area (Å²) in [5.41, 5.74) is -0.475. The molecule has 0 aromatic carbocycles. The van der Waals surface area contributed by atoms with E-state index in [2.05, 4.69) is 15.6 Å². The van der Waals surface area contributed by atoms with Crippen LogP contribution in [0.15, 0.2) is 4.99 Å². The number of hydrogen-bond donors (Lipinski definition) is 2. The topological polar surface area (TPSA) is 72.0 Å². The monoisotopic (exact) mass is 273 g/mol. The quantitative estimate of drug-likeness (QED) is 0.312. The Labute approximate surface area is 116 Å². The van der Waals surface area contributed by atoms with Gasteiger partial charge in [0.25, 0.3) is 0 Å². The van der Waals surface area contributed by atoms with E-state index in [0.717, 1.165) is 19.5 Å². The molecule has 0 spiro atoms. The van der Waals surface area contributed by atoms with Gasteiger partial charge in [0.1, 0.15) is 12.1 Å². The van der Waals surface area contributed by atoms with Crippen molar-refractivity contribution in [2.24, 2.45) is 4.99 Å². The number of nitrogens with zero attached hydrogens (tertiary/aromatic N) is 1. The van der Waals surface area contributed by atoms with E-state index in [9.17, 15) is 4.79 Å². The molecule has 0 fully saturated rings. The fourth-order valence-corrected chi connectivity index (χ4v) is 1.28. The van der Waals surface area contributed by atoms with Crippen LogP contribution in [-0.4, -0.2) is 50.9 Å². The number of methoxy groups -OCH3 is 1. The molecule has 0 bridgehead atoms. The molecule has 19 heavy (non-hydrogen) atoms. The third-order valence-corrected chi connectivity index (χ3v) is 1.95. The van der Waals surface area contributed by atoms with Gasteiger partial charge in [0.2, 0.25) is 0 Å². The van der Waals surface area contributed by atoms with Crippen LogP contribution < -0.4 is 10.6 Å². The number of carbonyl (C=O) groups excluding carboxylic acids is 1. The molecule has 0 aliphatic heterocycles. The van der Waals surface area contributed by atoms with Gasteiger partial charge < -0.3 is 20.1 Å². The molecule has 6 heteroatoms. The minimum absolute atomic E-state index is 0.0108. The largest absolute Gasteiger partial charge is 0.459 e. The summed E-state index contributed by atoms with van der Waals surface area (Å²) in [5.74, 6) is 0.283. The van der Waals surface area contributed by atoms with Crippen LogP contribution in [0.25, 0.3) is 0 Å². The van der Waals surface area contributed by atoms with Gasteiger partial charge in [-0.15, -0.1) is 0 Å². The predicted molar refractivity (Wildman–Crippen MR) is 76.3 cm³/mol. The first-order chi connectivity index (χ1) is 8.89. The van der Waals surface area contributed by atoms with Gasteiger partial charge in [0, 0.05) is 26.8 Å². The maximum atomic E-state index is 11.5. The molecule has 0 aromatic rings. The SMILES string of the molecule is CCNC(=NCC(=O)OC(C)(C)C)NCCCOC. The van der Waals surface area contributed by atoms with Crippen LogP contribution in [-0.2, 0) is 14.3 Å². The second-order valence-electron chi connectivity index (χ2n) is 5.05. The Hall–Kier alpha value is -1.30. The van der Waals surface area contributed by atoms with E-state index in [1.54, 1.807) is 7.11 Å². The molecule has 0 heterocycles. The molecule has 0 amide bonds. The van der Waals surface area contributed by atoms with E-state index in [1.807, 2.05) is 27.7 Å². The average Bonchev–Trinajstić information content (AvgIpc) is 2.29. The number of guanidine groups is 1.